The average Bonchev–Trinajstić information content (AvgIpc) is 2.65. The summed E-state index contributed by atoms with van der Waals surface area (Å²) in [5.41, 5.74) is 3.06. The van der Waals surface area contributed by atoms with Gasteiger partial charge < -0.3 is 15.4 Å². The molecule has 0 saturated heterocycles. The molecule has 1 unspecified atom stereocenters. The summed E-state index contributed by atoms with van der Waals surface area (Å²) in [6.07, 6.45) is 0. The van der Waals surface area contributed by atoms with E-state index in [2.05, 4.69) is 21.7 Å². The Labute approximate surface area is 153 Å². The monoisotopic (exact) mass is 356 g/mol. The summed E-state index contributed by atoms with van der Waals surface area (Å²) in [6.45, 7) is 4.49. The van der Waals surface area contributed by atoms with Gasteiger partial charge in [0.1, 0.15) is 5.75 Å². The maximum absolute atomic E-state index is 10.9. The third-order valence-corrected chi connectivity index (χ3v) is 4.01. The number of nitro benzene ring substituents is 1. The van der Waals surface area contributed by atoms with Crippen molar-refractivity contribution in [3.05, 3.63) is 69.3 Å². The Morgan fingerprint density at radius 3 is 2.73 bits per heavy atom. The van der Waals surface area contributed by atoms with Crippen molar-refractivity contribution in [3.8, 4) is 5.75 Å². The van der Waals surface area contributed by atoms with Gasteiger partial charge in [-0.1, -0.05) is 29.8 Å². The van der Waals surface area contributed by atoms with Crippen molar-refractivity contribution >= 4 is 11.6 Å². The number of nitrogens with one attached hydrogen (secondary N) is 2. The molecule has 2 aromatic rings. The van der Waals surface area contributed by atoms with E-state index < -0.39 is 4.92 Å². The van der Waals surface area contributed by atoms with Gasteiger partial charge in [0.2, 0.25) is 0 Å². The fourth-order valence-corrected chi connectivity index (χ4v) is 2.64. The van der Waals surface area contributed by atoms with E-state index in [1.165, 1.54) is 6.07 Å². The highest BCUT2D eigenvalue weighted by atomic mass is 16.6. The van der Waals surface area contributed by atoms with E-state index in [4.69, 9.17) is 4.74 Å². The van der Waals surface area contributed by atoms with Gasteiger partial charge in [-0.15, -0.1) is 0 Å². The minimum absolute atomic E-state index is 0.0267. The van der Waals surface area contributed by atoms with Crippen LogP contribution >= 0.6 is 0 Å². The number of nitrogens with zero attached hydrogens (tertiary/aromatic N) is 2. The molecule has 0 saturated carbocycles. The second-order valence-corrected chi connectivity index (χ2v) is 5.96. The average molecular weight is 356 g/mol. The number of nitro groups is 1. The first-order valence-electron chi connectivity index (χ1n) is 8.29. The topological polar surface area (TPSA) is 88.8 Å². The normalized spacial score (nSPS) is 12.4. The second-order valence-electron chi connectivity index (χ2n) is 5.96. The van der Waals surface area contributed by atoms with Gasteiger partial charge in [0.15, 0.2) is 5.96 Å². The molecule has 7 nitrogen and oxygen atoms in total. The molecule has 2 aromatic carbocycles. The first-order valence-corrected chi connectivity index (χ1v) is 8.29. The molecule has 0 aliphatic heterocycles. The fraction of sp³-hybridized carbons (Fsp3) is 0.316. The van der Waals surface area contributed by atoms with Crippen molar-refractivity contribution in [1.29, 1.82) is 0 Å². The van der Waals surface area contributed by atoms with Crippen molar-refractivity contribution in [2.24, 2.45) is 4.99 Å². The Balaban J connectivity index is 2.05. The molecule has 0 aliphatic rings. The Hall–Kier alpha value is -3.09. The van der Waals surface area contributed by atoms with Crippen LogP contribution in [0, 0.1) is 17.0 Å². The predicted molar refractivity (Wildman–Crippen MR) is 103 cm³/mol. The van der Waals surface area contributed by atoms with Crippen LogP contribution in [0.3, 0.4) is 0 Å². The predicted octanol–water partition coefficient (Wildman–Crippen LogP) is 3.34. The van der Waals surface area contributed by atoms with Gasteiger partial charge in [-0.05, 0) is 25.5 Å². The van der Waals surface area contributed by atoms with Crippen LogP contribution in [-0.4, -0.2) is 25.0 Å². The quantitative estimate of drug-likeness (QED) is 0.359. The van der Waals surface area contributed by atoms with Crippen LogP contribution in [-0.2, 0) is 6.54 Å². The molecule has 0 heterocycles. The summed E-state index contributed by atoms with van der Waals surface area (Å²) in [6, 6.07) is 12.5. The summed E-state index contributed by atoms with van der Waals surface area (Å²) in [5, 5.41) is 17.4. The van der Waals surface area contributed by atoms with Crippen LogP contribution in [0.4, 0.5) is 5.69 Å². The Kier molecular flexibility index (Phi) is 6.54. The lowest BCUT2D eigenvalue weighted by molar-refractivity contribution is -0.384. The van der Waals surface area contributed by atoms with Gasteiger partial charge >= 0.3 is 0 Å². The molecule has 2 rings (SSSR count). The lowest BCUT2D eigenvalue weighted by Gasteiger charge is -2.20. The zero-order valence-electron chi connectivity index (χ0n) is 15.4. The summed E-state index contributed by atoms with van der Waals surface area (Å²) < 4.78 is 5.44. The summed E-state index contributed by atoms with van der Waals surface area (Å²) >= 11 is 0. The molecule has 1 atom stereocenters. The minimum Gasteiger partial charge on any atom is -0.496 e. The van der Waals surface area contributed by atoms with Crippen molar-refractivity contribution in [2.45, 2.75) is 26.4 Å². The molecule has 2 N–H and O–H groups in total. The van der Waals surface area contributed by atoms with Crippen molar-refractivity contribution in [3.63, 3.8) is 0 Å². The van der Waals surface area contributed by atoms with Gasteiger partial charge in [0.05, 0.1) is 18.1 Å². The zero-order chi connectivity index (χ0) is 19.1. The number of aryl methyl sites for hydroxylation is 1. The highest BCUT2D eigenvalue weighted by molar-refractivity contribution is 5.80. The summed E-state index contributed by atoms with van der Waals surface area (Å²) in [7, 11) is 3.33. The standard InChI is InChI=1S/C19H24N4O3/c1-13-8-9-18(26-4)17(10-13)14(2)22-19(20-3)21-12-15-6-5-7-16(11-15)23(24)25/h5-11,14H,12H2,1-4H3,(H2,20,21,22). The largest absolute Gasteiger partial charge is 0.496 e. The van der Waals surface area contributed by atoms with E-state index >= 15 is 0 Å². The van der Waals surface area contributed by atoms with Gasteiger partial charge in [-0.25, -0.2) is 0 Å². The molecule has 0 radical (unpaired) electrons. The lowest BCUT2D eigenvalue weighted by Crippen LogP contribution is -2.38. The Bertz CT molecular complexity index is 805. The smallest absolute Gasteiger partial charge is 0.269 e. The molecule has 0 fully saturated rings. The van der Waals surface area contributed by atoms with Crippen LogP contribution in [0.1, 0.15) is 29.7 Å². The molecule has 7 heteroatoms. The number of hydrogen-bond donors (Lipinski definition) is 2. The maximum atomic E-state index is 10.9. The lowest BCUT2D eigenvalue weighted by atomic mass is 10.0. The third-order valence-electron chi connectivity index (χ3n) is 4.01. The molecule has 0 amide bonds. The van der Waals surface area contributed by atoms with E-state index in [1.807, 2.05) is 32.0 Å². The third kappa shape index (κ3) is 4.95. The second kappa shape index (κ2) is 8.84. The van der Waals surface area contributed by atoms with Crippen molar-refractivity contribution in [1.82, 2.24) is 10.6 Å². The van der Waals surface area contributed by atoms with E-state index in [0.29, 0.717) is 12.5 Å². The zero-order valence-corrected chi connectivity index (χ0v) is 15.4. The fourth-order valence-electron chi connectivity index (χ4n) is 2.64. The Morgan fingerprint density at radius 1 is 1.31 bits per heavy atom. The molecule has 0 aromatic heterocycles. The SMILES string of the molecule is CN=C(NCc1cccc([N+](=O)[O-])c1)NC(C)c1cc(C)ccc1OC. The highest BCUT2D eigenvalue weighted by Gasteiger charge is 2.13. The van der Waals surface area contributed by atoms with Crippen LogP contribution in [0.25, 0.3) is 0 Å². The highest BCUT2D eigenvalue weighted by Crippen LogP contribution is 2.26. The van der Waals surface area contributed by atoms with Crippen LogP contribution in [0.5, 0.6) is 5.75 Å². The molecule has 0 spiro atoms. The number of guanidine groups is 1. The maximum Gasteiger partial charge on any atom is 0.269 e. The van der Waals surface area contributed by atoms with Crippen molar-refractivity contribution < 1.29 is 9.66 Å². The number of ether oxygens (including phenoxy) is 1. The van der Waals surface area contributed by atoms with E-state index in [9.17, 15) is 10.1 Å². The molecule has 0 aliphatic carbocycles. The number of benzene rings is 2. The minimum atomic E-state index is -0.400. The number of rotatable bonds is 6. The number of non-ortho nitro benzene ring substituents is 1. The van der Waals surface area contributed by atoms with Gasteiger partial charge in [-0.2, -0.15) is 0 Å². The Morgan fingerprint density at radius 2 is 2.08 bits per heavy atom. The first kappa shape index (κ1) is 19.2. The van der Waals surface area contributed by atoms with Crippen LogP contribution < -0.4 is 15.4 Å². The summed E-state index contributed by atoms with van der Waals surface area (Å²) in [5.74, 6) is 1.41. The number of aliphatic imine (C=N–C) groups is 1. The first-order chi connectivity index (χ1) is 12.4. The number of hydrogen-bond acceptors (Lipinski definition) is 4. The van der Waals surface area contributed by atoms with E-state index in [0.717, 1.165) is 22.4 Å². The van der Waals surface area contributed by atoms with Crippen LogP contribution in [0.2, 0.25) is 0 Å². The van der Waals surface area contributed by atoms with Crippen LogP contribution in [0.15, 0.2) is 47.5 Å². The van der Waals surface area contributed by atoms with Crippen molar-refractivity contribution in [2.75, 3.05) is 14.2 Å². The summed E-state index contributed by atoms with van der Waals surface area (Å²) in [4.78, 5) is 14.7. The molecular formula is C19H24N4O3. The van der Waals surface area contributed by atoms with Gasteiger partial charge in [0.25, 0.3) is 5.69 Å². The van der Waals surface area contributed by atoms with Gasteiger partial charge in [0, 0.05) is 31.3 Å². The molecule has 26 heavy (non-hydrogen) atoms. The van der Waals surface area contributed by atoms with E-state index in [1.54, 1.807) is 26.3 Å². The molecule has 138 valence electrons. The molecular weight excluding hydrogens is 332 g/mol. The van der Waals surface area contributed by atoms with E-state index in [-0.39, 0.29) is 11.7 Å². The molecule has 0 bridgehead atoms. The number of methoxy groups -OCH3 is 1. The van der Waals surface area contributed by atoms with Gasteiger partial charge in [-0.3, -0.25) is 15.1 Å².